The molecule has 2 atom stereocenters. The zero-order chi connectivity index (χ0) is 22.4. The number of ether oxygens (including phenoxy) is 2. The smallest absolute Gasteiger partial charge is 0.224 e. The number of hydrogen-bond acceptors (Lipinski definition) is 7. The Morgan fingerprint density at radius 3 is 2.74 bits per heavy atom. The van der Waals surface area contributed by atoms with Crippen molar-refractivity contribution in [1.82, 2.24) is 19.9 Å². The zero-order valence-electron chi connectivity index (χ0n) is 18.5. The van der Waals surface area contributed by atoms with E-state index in [1.165, 1.54) is 4.90 Å². The number of carbonyl (C=O) groups excluding carboxylic acids is 1. The minimum Gasteiger partial charge on any atom is -0.495 e. The van der Waals surface area contributed by atoms with Crippen LogP contribution in [0.15, 0.2) is 41.7 Å². The van der Waals surface area contributed by atoms with Crippen LogP contribution < -0.4 is 9.47 Å². The third-order valence-electron chi connectivity index (χ3n) is 5.16. The molecule has 0 saturated heterocycles. The number of nitrogens with zero attached hydrogens (tertiary/aromatic N) is 4. The third-order valence-corrected chi connectivity index (χ3v) is 5.92. The van der Waals surface area contributed by atoms with Gasteiger partial charge in [0, 0.05) is 41.9 Å². The molecule has 0 N–H and O–H groups in total. The van der Waals surface area contributed by atoms with E-state index in [1.807, 2.05) is 38.3 Å². The number of amides is 1. The van der Waals surface area contributed by atoms with Gasteiger partial charge in [0.2, 0.25) is 12.3 Å². The summed E-state index contributed by atoms with van der Waals surface area (Å²) < 4.78 is 11.4. The summed E-state index contributed by atoms with van der Waals surface area (Å²) in [6.45, 7) is 4.36. The van der Waals surface area contributed by atoms with E-state index in [4.69, 9.17) is 9.47 Å². The molecule has 1 saturated carbocycles. The van der Waals surface area contributed by atoms with Gasteiger partial charge < -0.3 is 14.4 Å². The lowest BCUT2D eigenvalue weighted by atomic mass is 10.1. The number of rotatable bonds is 10. The molecule has 1 fully saturated rings. The highest BCUT2D eigenvalue weighted by atomic mass is 32.2. The molecule has 0 aromatic carbocycles. The quantitative estimate of drug-likeness (QED) is 0.407. The van der Waals surface area contributed by atoms with Crippen LogP contribution in [0.2, 0.25) is 0 Å². The lowest BCUT2D eigenvalue weighted by molar-refractivity contribution is -0.115. The Morgan fingerprint density at radius 1 is 1.32 bits per heavy atom. The van der Waals surface area contributed by atoms with Gasteiger partial charge in [-0.2, -0.15) is 4.98 Å². The molecule has 0 bridgehead atoms. The summed E-state index contributed by atoms with van der Waals surface area (Å²) in [5, 5.41) is 0. The fraction of sp³-hybridized carbons (Fsp3) is 0.391. The van der Waals surface area contributed by atoms with Crippen LogP contribution in [0.4, 0.5) is 0 Å². The summed E-state index contributed by atoms with van der Waals surface area (Å²) in [7, 11) is 3.35. The van der Waals surface area contributed by atoms with Crippen molar-refractivity contribution in [2.75, 3.05) is 27.0 Å². The van der Waals surface area contributed by atoms with Crippen LogP contribution >= 0.6 is 11.8 Å². The molecule has 1 amide bonds. The SMILES string of the molecule is C/C=C(\C(=C/N(C)C=O)SC)c1cnc(C)nc1OCC1CC1c1ccc(OC)cn1. The lowest BCUT2D eigenvalue weighted by Crippen LogP contribution is -2.09. The van der Waals surface area contributed by atoms with Gasteiger partial charge in [-0.3, -0.25) is 9.78 Å². The molecule has 2 aromatic heterocycles. The van der Waals surface area contributed by atoms with Crippen molar-refractivity contribution < 1.29 is 14.3 Å². The van der Waals surface area contributed by atoms with Crippen molar-refractivity contribution in [3.63, 3.8) is 0 Å². The van der Waals surface area contributed by atoms with Gasteiger partial charge in [-0.25, -0.2) is 4.98 Å². The predicted molar refractivity (Wildman–Crippen MR) is 123 cm³/mol. The summed E-state index contributed by atoms with van der Waals surface area (Å²) >= 11 is 1.55. The fourth-order valence-corrected chi connectivity index (χ4v) is 4.05. The second kappa shape index (κ2) is 10.4. The van der Waals surface area contributed by atoms with E-state index >= 15 is 0 Å². The topological polar surface area (TPSA) is 77.4 Å². The van der Waals surface area contributed by atoms with E-state index in [-0.39, 0.29) is 0 Å². The maximum atomic E-state index is 11.1. The first kappa shape index (κ1) is 22.8. The maximum absolute atomic E-state index is 11.1. The van der Waals surface area contributed by atoms with Crippen LogP contribution in [0.1, 0.15) is 36.3 Å². The Morgan fingerprint density at radius 2 is 2.13 bits per heavy atom. The van der Waals surface area contributed by atoms with Crippen LogP contribution in [0.3, 0.4) is 0 Å². The maximum Gasteiger partial charge on any atom is 0.224 e. The number of methoxy groups -OCH3 is 1. The number of hydrogen-bond donors (Lipinski definition) is 0. The molecule has 1 aliphatic rings. The molecule has 0 radical (unpaired) electrons. The van der Waals surface area contributed by atoms with Gasteiger partial charge in [0.1, 0.15) is 11.6 Å². The van der Waals surface area contributed by atoms with E-state index in [1.54, 1.807) is 44.5 Å². The van der Waals surface area contributed by atoms with Crippen molar-refractivity contribution in [2.24, 2.45) is 5.92 Å². The molecule has 2 aromatic rings. The Labute approximate surface area is 187 Å². The molecule has 1 aliphatic carbocycles. The average Bonchev–Trinajstić information content (AvgIpc) is 3.58. The standard InChI is InChI=1S/C23H28N4O3S/c1-6-18(22(31-5)12-27(3)14-28)20-11-24-15(2)26-23(20)30-13-16-9-19(16)21-8-7-17(29-4)10-25-21/h6-8,10-12,14,16,19H,9,13H2,1-5H3/b18-6-,22-12+. The second-order valence-electron chi connectivity index (χ2n) is 7.34. The first-order chi connectivity index (χ1) is 15.0. The van der Waals surface area contributed by atoms with Gasteiger partial charge in [-0.15, -0.1) is 11.8 Å². The van der Waals surface area contributed by atoms with Crippen LogP contribution in [-0.4, -0.2) is 53.3 Å². The molecule has 3 rings (SSSR count). The molecule has 164 valence electrons. The Hall–Kier alpha value is -2.87. The number of aromatic nitrogens is 3. The number of allylic oxidation sites excluding steroid dienone is 2. The second-order valence-corrected chi connectivity index (χ2v) is 8.19. The number of aryl methyl sites for hydroxylation is 1. The molecule has 2 unspecified atom stereocenters. The van der Waals surface area contributed by atoms with E-state index in [0.717, 1.165) is 40.3 Å². The van der Waals surface area contributed by atoms with E-state index < -0.39 is 0 Å². The summed E-state index contributed by atoms with van der Waals surface area (Å²) in [6, 6.07) is 3.95. The molecule has 0 aliphatic heterocycles. The van der Waals surface area contributed by atoms with Crippen molar-refractivity contribution in [2.45, 2.75) is 26.2 Å². The van der Waals surface area contributed by atoms with Gasteiger partial charge in [0.25, 0.3) is 0 Å². The molecule has 0 spiro atoms. The van der Waals surface area contributed by atoms with Crippen molar-refractivity contribution >= 4 is 23.7 Å². The highest BCUT2D eigenvalue weighted by Crippen LogP contribution is 2.47. The van der Waals surface area contributed by atoms with Gasteiger partial charge in [-0.05, 0) is 44.2 Å². The van der Waals surface area contributed by atoms with Gasteiger partial charge in [0.05, 0.1) is 25.5 Å². The molecular weight excluding hydrogens is 412 g/mol. The van der Waals surface area contributed by atoms with E-state index in [9.17, 15) is 4.79 Å². The summed E-state index contributed by atoms with van der Waals surface area (Å²) in [6.07, 6.45) is 11.1. The Kier molecular flexibility index (Phi) is 7.68. The number of carbonyl (C=O) groups is 1. The predicted octanol–water partition coefficient (Wildman–Crippen LogP) is 4.07. The van der Waals surface area contributed by atoms with Crippen molar-refractivity contribution in [3.05, 3.63) is 58.8 Å². The highest BCUT2D eigenvalue weighted by Gasteiger charge is 2.40. The van der Waals surface area contributed by atoms with Crippen LogP contribution in [0, 0.1) is 12.8 Å². The number of thioether (sulfide) groups is 1. The lowest BCUT2D eigenvalue weighted by Gasteiger charge is -2.16. The summed E-state index contributed by atoms with van der Waals surface area (Å²) in [4.78, 5) is 26.9. The minimum absolute atomic E-state index is 0.390. The average molecular weight is 441 g/mol. The van der Waals surface area contributed by atoms with Crippen LogP contribution in [0.5, 0.6) is 11.6 Å². The van der Waals surface area contributed by atoms with E-state index in [2.05, 4.69) is 15.0 Å². The first-order valence-electron chi connectivity index (χ1n) is 10.1. The normalized spacial score (nSPS) is 18.5. The highest BCUT2D eigenvalue weighted by molar-refractivity contribution is 8.03. The monoisotopic (exact) mass is 440 g/mol. The van der Waals surface area contributed by atoms with Crippen molar-refractivity contribution in [3.8, 4) is 11.6 Å². The summed E-state index contributed by atoms with van der Waals surface area (Å²) in [5.41, 5.74) is 2.81. The van der Waals surface area contributed by atoms with Crippen molar-refractivity contribution in [1.29, 1.82) is 0 Å². The zero-order valence-corrected chi connectivity index (χ0v) is 19.3. The van der Waals surface area contributed by atoms with Gasteiger partial charge in [0.15, 0.2) is 0 Å². The van der Waals surface area contributed by atoms with E-state index in [0.29, 0.717) is 30.1 Å². The number of pyridine rings is 1. The largest absolute Gasteiger partial charge is 0.495 e. The Bertz CT molecular complexity index is 975. The Balaban J connectivity index is 1.75. The first-order valence-corrected chi connectivity index (χ1v) is 11.3. The fourth-order valence-electron chi connectivity index (χ4n) is 3.33. The summed E-state index contributed by atoms with van der Waals surface area (Å²) in [5.74, 6) is 2.76. The molecule has 8 heteroatoms. The van der Waals surface area contributed by atoms with Crippen LogP contribution in [0.25, 0.3) is 5.57 Å². The minimum atomic E-state index is 0.390. The molecule has 31 heavy (non-hydrogen) atoms. The van der Waals surface area contributed by atoms with Gasteiger partial charge >= 0.3 is 0 Å². The molecule has 2 heterocycles. The molecule has 7 nitrogen and oxygen atoms in total. The third kappa shape index (κ3) is 5.64. The van der Waals surface area contributed by atoms with Crippen LogP contribution in [-0.2, 0) is 4.79 Å². The van der Waals surface area contributed by atoms with Gasteiger partial charge in [-0.1, -0.05) is 6.08 Å². The molecular formula is C23H28N4O3S.